The minimum atomic E-state index is -0.648. The lowest BCUT2D eigenvalue weighted by atomic mass is 9.92. The van der Waals surface area contributed by atoms with Crippen molar-refractivity contribution in [3.63, 3.8) is 0 Å². The molecular weight excluding hydrogens is 238 g/mol. The predicted molar refractivity (Wildman–Crippen MR) is 66.8 cm³/mol. The molecule has 0 radical (unpaired) electrons. The Morgan fingerprint density at radius 2 is 2.35 bits per heavy atom. The zero-order valence-corrected chi connectivity index (χ0v) is 10.4. The van der Waals surface area contributed by atoms with E-state index in [1.54, 1.807) is 0 Å². The molecule has 17 heavy (non-hydrogen) atoms. The van der Waals surface area contributed by atoms with Gasteiger partial charge in [-0.1, -0.05) is 11.6 Å². The average Bonchev–Trinajstić information content (AvgIpc) is 2.86. The summed E-state index contributed by atoms with van der Waals surface area (Å²) in [5.74, 6) is 0.940. The molecule has 4 heteroatoms. The fraction of sp³-hybridized carbons (Fsp3) is 0.538. The van der Waals surface area contributed by atoms with Gasteiger partial charge < -0.3 is 15.2 Å². The maximum atomic E-state index is 10.4. The highest BCUT2D eigenvalue weighted by Crippen LogP contribution is 2.35. The summed E-state index contributed by atoms with van der Waals surface area (Å²) in [5, 5.41) is 14.3. The Labute approximate surface area is 106 Å². The number of fused-ring (bicyclic) bond motifs is 1. The fourth-order valence-corrected chi connectivity index (χ4v) is 2.98. The van der Waals surface area contributed by atoms with Crippen LogP contribution in [0.4, 0.5) is 0 Å². The molecule has 92 valence electrons. The second-order valence-corrected chi connectivity index (χ2v) is 5.42. The quantitative estimate of drug-likeness (QED) is 0.840. The van der Waals surface area contributed by atoms with Crippen LogP contribution in [0.25, 0.3) is 0 Å². The number of ether oxygens (including phenoxy) is 1. The maximum Gasteiger partial charge on any atom is 0.126 e. The third kappa shape index (κ3) is 2.15. The van der Waals surface area contributed by atoms with Crippen LogP contribution in [-0.2, 0) is 12.8 Å². The minimum Gasteiger partial charge on any atom is -0.493 e. The molecule has 2 N–H and O–H groups in total. The van der Waals surface area contributed by atoms with Gasteiger partial charge in [-0.15, -0.1) is 0 Å². The van der Waals surface area contributed by atoms with Gasteiger partial charge >= 0.3 is 0 Å². The number of hydrogen-bond acceptors (Lipinski definition) is 3. The van der Waals surface area contributed by atoms with E-state index in [1.165, 1.54) is 5.56 Å². The van der Waals surface area contributed by atoms with E-state index in [0.717, 1.165) is 42.3 Å². The van der Waals surface area contributed by atoms with Crippen LogP contribution in [0.3, 0.4) is 0 Å². The van der Waals surface area contributed by atoms with Crippen LogP contribution < -0.4 is 10.1 Å². The number of benzene rings is 1. The smallest absolute Gasteiger partial charge is 0.126 e. The second-order valence-electron chi connectivity index (χ2n) is 4.98. The summed E-state index contributed by atoms with van der Waals surface area (Å²) in [4.78, 5) is 0. The Morgan fingerprint density at radius 1 is 1.47 bits per heavy atom. The van der Waals surface area contributed by atoms with Crippen LogP contribution in [0.2, 0.25) is 5.02 Å². The number of rotatable bonds is 2. The molecule has 2 aliphatic rings. The molecule has 3 rings (SSSR count). The van der Waals surface area contributed by atoms with E-state index in [9.17, 15) is 5.11 Å². The Bertz CT molecular complexity index is 441. The second kappa shape index (κ2) is 4.16. The van der Waals surface area contributed by atoms with E-state index in [4.69, 9.17) is 16.3 Å². The predicted octanol–water partition coefficient (Wildman–Crippen LogP) is 1.54. The first kappa shape index (κ1) is 11.3. The van der Waals surface area contributed by atoms with Gasteiger partial charge in [-0.3, -0.25) is 0 Å². The molecule has 0 amide bonds. The molecule has 1 atom stereocenters. The topological polar surface area (TPSA) is 41.5 Å². The molecule has 2 heterocycles. The molecule has 1 aromatic rings. The Hall–Kier alpha value is -0.770. The lowest BCUT2D eigenvalue weighted by Gasteiger charge is -2.22. The molecule has 0 bridgehead atoms. The maximum absolute atomic E-state index is 10.4. The summed E-state index contributed by atoms with van der Waals surface area (Å²) in [6.07, 6.45) is 2.32. The molecule has 1 fully saturated rings. The first-order valence-electron chi connectivity index (χ1n) is 6.03. The molecule has 0 saturated carbocycles. The molecule has 1 aromatic carbocycles. The van der Waals surface area contributed by atoms with Gasteiger partial charge in [-0.05, 0) is 36.2 Å². The molecule has 0 aliphatic carbocycles. The molecular formula is C13H16ClNO2. The molecule has 2 aliphatic heterocycles. The van der Waals surface area contributed by atoms with Gasteiger partial charge in [0.05, 0.1) is 12.2 Å². The lowest BCUT2D eigenvalue weighted by molar-refractivity contribution is 0.0612. The molecule has 0 spiro atoms. The van der Waals surface area contributed by atoms with Gasteiger partial charge in [0.1, 0.15) is 5.75 Å². The van der Waals surface area contributed by atoms with Gasteiger partial charge in [0.15, 0.2) is 0 Å². The number of halogens is 1. The van der Waals surface area contributed by atoms with Crippen molar-refractivity contribution in [3.8, 4) is 5.75 Å². The Kier molecular flexibility index (Phi) is 2.77. The van der Waals surface area contributed by atoms with Crippen LogP contribution in [0, 0.1) is 0 Å². The highest BCUT2D eigenvalue weighted by atomic mass is 35.5. The lowest BCUT2D eigenvalue weighted by Crippen LogP contribution is -2.33. The van der Waals surface area contributed by atoms with Crippen molar-refractivity contribution in [2.24, 2.45) is 0 Å². The van der Waals surface area contributed by atoms with Gasteiger partial charge in [0.2, 0.25) is 0 Å². The summed E-state index contributed by atoms with van der Waals surface area (Å²) in [7, 11) is 0. The molecule has 1 saturated heterocycles. The van der Waals surface area contributed by atoms with Crippen LogP contribution in [-0.4, -0.2) is 30.4 Å². The third-order valence-electron chi connectivity index (χ3n) is 3.57. The summed E-state index contributed by atoms with van der Waals surface area (Å²) in [6, 6.07) is 3.88. The number of aliphatic hydroxyl groups is 1. The Balaban J connectivity index is 1.92. The minimum absolute atomic E-state index is 0.614. The standard InChI is InChI=1S/C13H16ClNO2/c14-11-5-9-1-4-17-12(9)10(6-11)7-13(16)2-3-15-8-13/h5-6,15-16H,1-4,7-8H2. The SMILES string of the molecule is OC1(Cc2cc(Cl)cc3c2OCC3)CCNC1. The molecule has 3 nitrogen and oxygen atoms in total. The first-order chi connectivity index (χ1) is 8.16. The van der Waals surface area contributed by atoms with Crippen molar-refractivity contribution in [3.05, 3.63) is 28.3 Å². The highest BCUT2D eigenvalue weighted by molar-refractivity contribution is 6.30. The van der Waals surface area contributed by atoms with Crippen molar-refractivity contribution in [2.75, 3.05) is 19.7 Å². The van der Waals surface area contributed by atoms with Gasteiger partial charge in [-0.25, -0.2) is 0 Å². The first-order valence-corrected chi connectivity index (χ1v) is 6.41. The summed E-state index contributed by atoms with van der Waals surface area (Å²) < 4.78 is 5.65. The van der Waals surface area contributed by atoms with Crippen LogP contribution in [0.1, 0.15) is 17.5 Å². The zero-order chi connectivity index (χ0) is 11.9. The monoisotopic (exact) mass is 253 g/mol. The van der Waals surface area contributed by atoms with Crippen LogP contribution in [0.15, 0.2) is 12.1 Å². The van der Waals surface area contributed by atoms with E-state index >= 15 is 0 Å². The normalized spacial score (nSPS) is 26.9. The average molecular weight is 254 g/mol. The van der Waals surface area contributed by atoms with Gasteiger partial charge in [0.25, 0.3) is 0 Å². The fourth-order valence-electron chi connectivity index (χ4n) is 2.71. The zero-order valence-electron chi connectivity index (χ0n) is 9.63. The molecule has 0 aromatic heterocycles. The van der Waals surface area contributed by atoms with E-state index in [-0.39, 0.29) is 0 Å². The summed E-state index contributed by atoms with van der Waals surface area (Å²) in [5.41, 5.74) is 1.56. The van der Waals surface area contributed by atoms with E-state index in [1.807, 2.05) is 12.1 Å². The van der Waals surface area contributed by atoms with Crippen molar-refractivity contribution in [1.29, 1.82) is 0 Å². The highest BCUT2D eigenvalue weighted by Gasteiger charge is 2.33. The van der Waals surface area contributed by atoms with Gasteiger partial charge in [-0.2, -0.15) is 0 Å². The van der Waals surface area contributed by atoms with Crippen LogP contribution in [0.5, 0.6) is 5.75 Å². The van der Waals surface area contributed by atoms with E-state index in [2.05, 4.69) is 5.32 Å². The number of nitrogens with one attached hydrogen (secondary N) is 1. The Morgan fingerprint density at radius 3 is 3.12 bits per heavy atom. The van der Waals surface area contributed by atoms with E-state index < -0.39 is 5.60 Å². The summed E-state index contributed by atoms with van der Waals surface area (Å²) in [6.45, 7) is 2.24. The molecule has 1 unspecified atom stereocenters. The van der Waals surface area contributed by atoms with Crippen LogP contribution >= 0.6 is 11.6 Å². The van der Waals surface area contributed by atoms with Gasteiger partial charge in [0, 0.05) is 24.4 Å². The number of hydrogen-bond donors (Lipinski definition) is 2. The summed E-state index contributed by atoms with van der Waals surface area (Å²) >= 11 is 6.11. The van der Waals surface area contributed by atoms with E-state index in [0.29, 0.717) is 13.0 Å². The third-order valence-corrected chi connectivity index (χ3v) is 3.78. The number of β-amino-alcohol motifs (C(OH)–C–C–N with tert-alkyl or cyclic N) is 1. The van der Waals surface area contributed by atoms with Crippen molar-refractivity contribution >= 4 is 11.6 Å². The van der Waals surface area contributed by atoms with Crippen molar-refractivity contribution < 1.29 is 9.84 Å². The van der Waals surface area contributed by atoms with Crippen molar-refractivity contribution in [2.45, 2.75) is 24.9 Å². The largest absolute Gasteiger partial charge is 0.493 e. The van der Waals surface area contributed by atoms with Crippen molar-refractivity contribution in [1.82, 2.24) is 5.32 Å².